The normalized spacial score (nSPS) is 20.7. The van der Waals surface area contributed by atoms with Gasteiger partial charge in [0.15, 0.2) is 0 Å². The molecule has 0 bridgehead atoms. The zero-order valence-corrected chi connectivity index (χ0v) is 10.1. The van der Waals surface area contributed by atoms with Crippen LogP contribution in [0.2, 0.25) is 0 Å². The van der Waals surface area contributed by atoms with E-state index in [0.717, 1.165) is 23.4 Å². The lowest BCUT2D eigenvalue weighted by molar-refractivity contribution is 0.614. The molecule has 1 atom stereocenters. The van der Waals surface area contributed by atoms with Crippen LogP contribution in [0.25, 0.3) is 11.0 Å². The summed E-state index contributed by atoms with van der Waals surface area (Å²) in [6, 6.07) is 6.81. The lowest BCUT2D eigenvalue weighted by atomic mass is 10.2. The van der Waals surface area contributed by atoms with Crippen LogP contribution in [-0.2, 0) is 0 Å². The number of hydrogen-bond donors (Lipinski definition) is 2. The van der Waals surface area contributed by atoms with Gasteiger partial charge in [0.1, 0.15) is 5.82 Å². The van der Waals surface area contributed by atoms with Crippen molar-refractivity contribution in [3.8, 4) is 0 Å². The summed E-state index contributed by atoms with van der Waals surface area (Å²) in [6.45, 7) is 1.11. The van der Waals surface area contributed by atoms with E-state index in [4.69, 9.17) is 0 Å². The molecule has 1 fully saturated rings. The lowest BCUT2D eigenvalue weighted by Gasteiger charge is -2.04. The molecular formula is C12H15N3S. The predicted octanol–water partition coefficient (Wildman–Crippen LogP) is 2.71. The lowest BCUT2D eigenvalue weighted by Crippen LogP contribution is -2.13. The van der Waals surface area contributed by atoms with Crippen LogP contribution in [-0.4, -0.2) is 22.8 Å². The number of rotatable bonds is 2. The highest BCUT2D eigenvalue weighted by molar-refractivity contribution is 7.98. The van der Waals surface area contributed by atoms with Gasteiger partial charge in [-0.05, 0) is 43.8 Å². The fraction of sp³-hybridized carbons (Fsp3) is 0.417. The van der Waals surface area contributed by atoms with E-state index in [1.165, 1.54) is 17.7 Å². The third-order valence-electron chi connectivity index (χ3n) is 3.10. The van der Waals surface area contributed by atoms with E-state index in [1.807, 2.05) is 0 Å². The summed E-state index contributed by atoms with van der Waals surface area (Å²) in [4.78, 5) is 9.35. The SMILES string of the molecule is CSc1ccc2nc([C@@H]3CCCN3)[nH]c2c1. The number of thioether (sulfide) groups is 1. The Morgan fingerprint density at radius 1 is 1.44 bits per heavy atom. The second kappa shape index (κ2) is 4.11. The smallest absolute Gasteiger partial charge is 0.124 e. The number of aromatic nitrogens is 2. The number of nitrogens with one attached hydrogen (secondary N) is 2. The first kappa shape index (κ1) is 10.2. The Hall–Kier alpha value is -1.00. The Balaban J connectivity index is 2.01. The molecule has 1 aliphatic rings. The number of fused-ring (bicyclic) bond motifs is 1. The van der Waals surface area contributed by atoms with Crippen molar-refractivity contribution in [1.82, 2.24) is 15.3 Å². The average Bonchev–Trinajstić information content (AvgIpc) is 2.96. The molecule has 2 heterocycles. The quantitative estimate of drug-likeness (QED) is 0.784. The van der Waals surface area contributed by atoms with Gasteiger partial charge in [-0.3, -0.25) is 0 Å². The van der Waals surface area contributed by atoms with Crippen molar-refractivity contribution in [3.63, 3.8) is 0 Å². The van der Waals surface area contributed by atoms with Gasteiger partial charge in [-0.1, -0.05) is 0 Å². The monoisotopic (exact) mass is 233 g/mol. The van der Waals surface area contributed by atoms with Crippen molar-refractivity contribution in [1.29, 1.82) is 0 Å². The summed E-state index contributed by atoms with van der Waals surface area (Å²) in [5, 5.41) is 3.46. The van der Waals surface area contributed by atoms with Crippen LogP contribution >= 0.6 is 11.8 Å². The summed E-state index contributed by atoms with van der Waals surface area (Å²) < 4.78 is 0. The van der Waals surface area contributed by atoms with Crippen molar-refractivity contribution in [2.45, 2.75) is 23.8 Å². The Bertz CT molecular complexity index is 500. The highest BCUT2D eigenvalue weighted by Gasteiger charge is 2.19. The van der Waals surface area contributed by atoms with E-state index < -0.39 is 0 Å². The molecule has 16 heavy (non-hydrogen) atoms. The van der Waals surface area contributed by atoms with Gasteiger partial charge < -0.3 is 10.3 Å². The molecule has 3 rings (SSSR count). The van der Waals surface area contributed by atoms with Gasteiger partial charge >= 0.3 is 0 Å². The van der Waals surface area contributed by atoms with Crippen LogP contribution in [0.4, 0.5) is 0 Å². The molecule has 0 saturated carbocycles. The summed E-state index contributed by atoms with van der Waals surface area (Å²) in [7, 11) is 0. The molecule has 1 aliphatic heterocycles. The third kappa shape index (κ3) is 1.72. The number of aromatic amines is 1. The zero-order chi connectivity index (χ0) is 11.0. The second-order valence-electron chi connectivity index (χ2n) is 4.15. The van der Waals surface area contributed by atoms with Gasteiger partial charge in [0.05, 0.1) is 17.1 Å². The minimum atomic E-state index is 0.421. The van der Waals surface area contributed by atoms with E-state index >= 15 is 0 Å². The number of nitrogens with zero attached hydrogens (tertiary/aromatic N) is 1. The Morgan fingerprint density at radius 2 is 2.38 bits per heavy atom. The van der Waals surface area contributed by atoms with Crippen LogP contribution in [0.1, 0.15) is 24.7 Å². The van der Waals surface area contributed by atoms with Gasteiger partial charge in [0.25, 0.3) is 0 Å². The van der Waals surface area contributed by atoms with Gasteiger partial charge in [-0.25, -0.2) is 4.98 Å². The first-order chi connectivity index (χ1) is 7.86. The first-order valence-electron chi connectivity index (χ1n) is 5.64. The summed E-state index contributed by atoms with van der Waals surface area (Å²) in [5.74, 6) is 1.09. The Kier molecular flexibility index (Phi) is 2.61. The molecule has 0 spiro atoms. The maximum absolute atomic E-state index is 4.64. The van der Waals surface area contributed by atoms with Crippen LogP contribution in [0, 0.1) is 0 Å². The minimum absolute atomic E-state index is 0.421. The van der Waals surface area contributed by atoms with E-state index in [0.29, 0.717) is 6.04 Å². The molecule has 0 radical (unpaired) electrons. The fourth-order valence-electron chi connectivity index (χ4n) is 2.22. The zero-order valence-electron chi connectivity index (χ0n) is 9.29. The molecule has 1 saturated heterocycles. The van der Waals surface area contributed by atoms with Crippen LogP contribution in [0.3, 0.4) is 0 Å². The average molecular weight is 233 g/mol. The minimum Gasteiger partial charge on any atom is -0.341 e. The summed E-state index contributed by atoms with van der Waals surface area (Å²) in [6.07, 6.45) is 4.53. The fourth-order valence-corrected chi connectivity index (χ4v) is 2.66. The predicted molar refractivity (Wildman–Crippen MR) is 67.9 cm³/mol. The molecule has 0 unspecified atom stereocenters. The molecule has 2 N–H and O–H groups in total. The number of benzene rings is 1. The Morgan fingerprint density at radius 3 is 3.12 bits per heavy atom. The number of H-pyrrole nitrogens is 1. The van der Waals surface area contributed by atoms with Crippen LogP contribution < -0.4 is 5.32 Å². The maximum atomic E-state index is 4.64. The first-order valence-corrected chi connectivity index (χ1v) is 6.86. The third-order valence-corrected chi connectivity index (χ3v) is 3.82. The molecular weight excluding hydrogens is 218 g/mol. The van der Waals surface area contributed by atoms with Gasteiger partial charge in [0.2, 0.25) is 0 Å². The number of hydrogen-bond acceptors (Lipinski definition) is 3. The van der Waals surface area contributed by atoms with Crippen LogP contribution in [0.5, 0.6) is 0 Å². The van der Waals surface area contributed by atoms with Crippen molar-refractivity contribution in [2.24, 2.45) is 0 Å². The molecule has 0 amide bonds. The van der Waals surface area contributed by atoms with Crippen LogP contribution in [0.15, 0.2) is 23.1 Å². The van der Waals surface area contributed by atoms with Crippen molar-refractivity contribution in [3.05, 3.63) is 24.0 Å². The second-order valence-corrected chi connectivity index (χ2v) is 5.03. The molecule has 2 aromatic rings. The standard InChI is InChI=1S/C12H15N3S/c1-16-8-4-5-9-11(7-8)15-12(14-9)10-3-2-6-13-10/h4-5,7,10,13H,2-3,6H2,1H3,(H,14,15)/t10-/m0/s1. The summed E-state index contributed by atoms with van der Waals surface area (Å²) >= 11 is 1.76. The van der Waals surface area contributed by atoms with E-state index in [1.54, 1.807) is 11.8 Å². The van der Waals surface area contributed by atoms with Crippen molar-refractivity contribution < 1.29 is 0 Å². The molecule has 1 aromatic carbocycles. The van der Waals surface area contributed by atoms with Gasteiger partial charge in [-0.2, -0.15) is 0 Å². The largest absolute Gasteiger partial charge is 0.341 e. The highest BCUT2D eigenvalue weighted by atomic mass is 32.2. The summed E-state index contributed by atoms with van der Waals surface area (Å²) in [5.41, 5.74) is 2.22. The molecule has 3 nitrogen and oxygen atoms in total. The highest BCUT2D eigenvalue weighted by Crippen LogP contribution is 2.25. The van der Waals surface area contributed by atoms with Crippen molar-refractivity contribution in [2.75, 3.05) is 12.8 Å². The van der Waals surface area contributed by atoms with Crippen molar-refractivity contribution >= 4 is 22.8 Å². The Labute approximate surface area is 99.0 Å². The number of imidazole rings is 1. The molecule has 1 aromatic heterocycles. The maximum Gasteiger partial charge on any atom is 0.124 e. The molecule has 84 valence electrons. The van der Waals surface area contributed by atoms with E-state index in [9.17, 15) is 0 Å². The van der Waals surface area contributed by atoms with Gasteiger partial charge in [0, 0.05) is 4.90 Å². The van der Waals surface area contributed by atoms with E-state index in [-0.39, 0.29) is 0 Å². The van der Waals surface area contributed by atoms with E-state index in [2.05, 4.69) is 39.7 Å². The topological polar surface area (TPSA) is 40.7 Å². The van der Waals surface area contributed by atoms with Gasteiger partial charge in [-0.15, -0.1) is 11.8 Å². The molecule has 0 aliphatic carbocycles. The molecule has 4 heteroatoms.